The first-order chi connectivity index (χ1) is 13.1. The van der Waals surface area contributed by atoms with Crippen LogP contribution in [0.2, 0.25) is 5.15 Å². The van der Waals surface area contributed by atoms with E-state index in [0.29, 0.717) is 34.4 Å². The number of hydrogen-bond donors (Lipinski definition) is 1. The predicted molar refractivity (Wildman–Crippen MR) is 108 cm³/mol. The Morgan fingerprint density at radius 3 is 2.44 bits per heavy atom. The minimum atomic E-state index is -0.267. The van der Waals surface area contributed by atoms with Gasteiger partial charge >= 0.3 is 0 Å². The van der Waals surface area contributed by atoms with Gasteiger partial charge in [0, 0.05) is 12.2 Å². The summed E-state index contributed by atoms with van der Waals surface area (Å²) >= 11 is 6.36. The lowest BCUT2D eigenvalue weighted by atomic mass is 10.2. The summed E-state index contributed by atoms with van der Waals surface area (Å²) in [6.45, 7) is 4.60. The molecule has 1 aromatic heterocycles. The molecule has 1 heterocycles. The van der Waals surface area contributed by atoms with Gasteiger partial charge in [-0.15, -0.1) is 0 Å². The van der Waals surface area contributed by atoms with Gasteiger partial charge in [-0.2, -0.15) is 5.10 Å². The van der Waals surface area contributed by atoms with Crippen LogP contribution in [0.4, 0.5) is 5.69 Å². The van der Waals surface area contributed by atoms with E-state index in [0.717, 1.165) is 18.6 Å². The molecule has 3 rings (SSSR count). The molecule has 0 atom stereocenters. The molecule has 0 saturated heterocycles. The first kappa shape index (κ1) is 19.0. The lowest BCUT2D eigenvalue weighted by Gasteiger charge is -2.08. The largest absolute Gasteiger partial charge is 0.457 e. The molecule has 1 amide bonds. The van der Waals surface area contributed by atoms with Gasteiger partial charge in [-0.05, 0) is 49.7 Å². The van der Waals surface area contributed by atoms with Crippen LogP contribution in [-0.2, 0) is 6.54 Å². The number of unbranched alkanes of at least 4 members (excludes halogenated alkanes) is 1. The van der Waals surface area contributed by atoms with Crippen LogP contribution >= 0.6 is 11.6 Å². The molecule has 3 aromatic rings. The summed E-state index contributed by atoms with van der Waals surface area (Å²) in [6, 6.07) is 16.7. The SMILES string of the molecule is CCCCn1nc(C)c(C(=O)Nc2ccc(Oc3ccccc3)cc2)c1Cl. The average molecular weight is 384 g/mol. The van der Waals surface area contributed by atoms with Gasteiger partial charge < -0.3 is 10.1 Å². The van der Waals surface area contributed by atoms with Crippen molar-refractivity contribution in [1.29, 1.82) is 0 Å². The number of nitrogens with one attached hydrogen (secondary N) is 1. The van der Waals surface area contributed by atoms with Crippen molar-refractivity contribution in [3.05, 3.63) is 71.0 Å². The van der Waals surface area contributed by atoms with Crippen LogP contribution in [0.15, 0.2) is 54.6 Å². The smallest absolute Gasteiger partial charge is 0.260 e. The van der Waals surface area contributed by atoms with Gasteiger partial charge in [0.15, 0.2) is 0 Å². The van der Waals surface area contributed by atoms with Gasteiger partial charge in [0.25, 0.3) is 5.91 Å². The number of halogens is 1. The molecule has 27 heavy (non-hydrogen) atoms. The Balaban J connectivity index is 1.68. The zero-order chi connectivity index (χ0) is 19.2. The Morgan fingerprint density at radius 1 is 1.11 bits per heavy atom. The highest BCUT2D eigenvalue weighted by Gasteiger charge is 2.20. The fraction of sp³-hybridized carbons (Fsp3) is 0.238. The number of hydrogen-bond acceptors (Lipinski definition) is 3. The number of carbonyl (C=O) groups is 1. The van der Waals surface area contributed by atoms with Crippen molar-refractivity contribution < 1.29 is 9.53 Å². The number of para-hydroxylation sites is 1. The van der Waals surface area contributed by atoms with E-state index in [2.05, 4.69) is 17.3 Å². The van der Waals surface area contributed by atoms with Crippen LogP contribution in [-0.4, -0.2) is 15.7 Å². The zero-order valence-corrected chi connectivity index (χ0v) is 16.2. The highest BCUT2D eigenvalue weighted by molar-refractivity contribution is 6.33. The first-order valence-corrected chi connectivity index (χ1v) is 9.33. The lowest BCUT2D eigenvalue weighted by Crippen LogP contribution is -2.13. The Kier molecular flexibility index (Phi) is 6.14. The van der Waals surface area contributed by atoms with E-state index < -0.39 is 0 Å². The number of anilines is 1. The third-order valence-electron chi connectivity index (χ3n) is 4.11. The Morgan fingerprint density at radius 2 is 1.78 bits per heavy atom. The molecule has 0 aliphatic rings. The molecule has 0 unspecified atom stereocenters. The van der Waals surface area contributed by atoms with Crippen LogP contribution in [0.1, 0.15) is 35.8 Å². The van der Waals surface area contributed by atoms with Crippen molar-refractivity contribution >= 4 is 23.2 Å². The second-order valence-electron chi connectivity index (χ2n) is 6.22. The fourth-order valence-electron chi connectivity index (χ4n) is 2.69. The van der Waals surface area contributed by atoms with Crippen LogP contribution in [0.25, 0.3) is 0 Å². The van der Waals surface area contributed by atoms with Crippen LogP contribution < -0.4 is 10.1 Å². The second-order valence-corrected chi connectivity index (χ2v) is 6.58. The topological polar surface area (TPSA) is 56.2 Å². The number of amides is 1. The molecule has 6 heteroatoms. The highest BCUT2D eigenvalue weighted by Crippen LogP contribution is 2.25. The van der Waals surface area contributed by atoms with Crippen molar-refractivity contribution in [3.63, 3.8) is 0 Å². The van der Waals surface area contributed by atoms with Crippen LogP contribution in [0.5, 0.6) is 11.5 Å². The lowest BCUT2D eigenvalue weighted by molar-refractivity contribution is 0.102. The van der Waals surface area contributed by atoms with E-state index >= 15 is 0 Å². The number of carbonyl (C=O) groups excluding carboxylic acids is 1. The molecular weight excluding hydrogens is 362 g/mol. The molecule has 0 radical (unpaired) electrons. The van der Waals surface area contributed by atoms with Gasteiger partial charge in [-0.3, -0.25) is 9.48 Å². The first-order valence-electron chi connectivity index (χ1n) is 8.95. The number of rotatable bonds is 7. The van der Waals surface area contributed by atoms with Crippen LogP contribution in [0.3, 0.4) is 0 Å². The van der Waals surface area contributed by atoms with E-state index in [1.165, 1.54) is 0 Å². The molecule has 0 spiro atoms. The normalized spacial score (nSPS) is 10.6. The minimum absolute atomic E-state index is 0.267. The second kappa shape index (κ2) is 8.73. The van der Waals surface area contributed by atoms with Gasteiger partial charge in [0.1, 0.15) is 16.7 Å². The van der Waals surface area contributed by atoms with E-state index in [1.54, 1.807) is 23.7 Å². The number of benzene rings is 2. The number of aryl methyl sites for hydroxylation is 2. The molecule has 2 aromatic carbocycles. The number of nitrogens with zero attached hydrogens (tertiary/aromatic N) is 2. The minimum Gasteiger partial charge on any atom is -0.457 e. The molecule has 0 saturated carbocycles. The van der Waals surface area contributed by atoms with E-state index in [9.17, 15) is 4.79 Å². The maximum absolute atomic E-state index is 12.6. The quantitative estimate of drug-likeness (QED) is 0.570. The predicted octanol–water partition coefficient (Wildman–Crippen LogP) is 5.69. The van der Waals surface area contributed by atoms with Crippen LogP contribution in [0, 0.1) is 6.92 Å². The summed E-state index contributed by atoms with van der Waals surface area (Å²) in [4.78, 5) is 12.6. The molecule has 140 valence electrons. The molecule has 0 aliphatic heterocycles. The highest BCUT2D eigenvalue weighted by atomic mass is 35.5. The van der Waals surface area contributed by atoms with E-state index in [1.807, 2.05) is 42.5 Å². The molecule has 0 bridgehead atoms. The third-order valence-corrected chi connectivity index (χ3v) is 4.49. The Hall–Kier alpha value is -2.79. The monoisotopic (exact) mass is 383 g/mol. The van der Waals surface area contributed by atoms with Crippen molar-refractivity contribution in [3.8, 4) is 11.5 Å². The van der Waals surface area contributed by atoms with E-state index in [4.69, 9.17) is 16.3 Å². The van der Waals surface area contributed by atoms with Crippen molar-refractivity contribution in [2.45, 2.75) is 33.2 Å². The number of ether oxygens (including phenoxy) is 1. The maximum Gasteiger partial charge on any atom is 0.260 e. The summed E-state index contributed by atoms with van der Waals surface area (Å²) in [5, 5.41) is 7.62. The fourth-order valence-corrected chi connectivity index (χ4v) is 3.04. The van der Waals surface area contributed by atoms with Crippen molar-refractivity contribution in [1.82, 2.24) is 9.78 Å². The summed E-state index contributed by atoms with van der Waals surface area (Å²) in [5.74, 6) is 1.19. The zero-order valence-electron chi connectivity index (χ0n) is 15.4. The van der Waals surface area contributed by atoms with Crippen molar-refractivity contribution in [2.75, 3.05) is 5.32 Å². The standard InChI is InChI=1S/C21H22ClN3O2/c1-3-4-14-25-20(22)19(15(2)24-25)21(26)23-16-10-12-18(13-11-16)27-17-8-6-5-7-9-17/h5-13H,3-4,14H2,1-2H3,(H,23,26). The Labute approximate surface area is 163 Å². The summed E-state index contributed by atoms with van der Waals surface area (Å²) in [6.07, 6.45) is 2.00. The third kappa shape index (κ3) is 4.68. The molecule has 0 aliphatic carbocycles. The van der Waals surface area contributed by atoms with Gasteiger partial charge in [0.2, 0.25) is 0 Å². The Bertz CT molecular complexity index is 905. The van der Waals surface area contributed by atoms with Crippen molar-refractivity contribution in [2.24, 2.45) is 0 Å². The number of aromatic nitrogens is 2. The molecule has 1 N–H and O–H groups in total. The van der Waals surface area contributed by atoms with Gasteiger partial charge in [0.05, 0.1) is 11.3 Å². The molecule has 5 nitrogen and oxygen atoms in total. The average Bonchev–Trinajstić information content (AvgIpc) is 2.96. The molecule has 0 fully saturated rings. The van der Waals surface area contributed by atoms with Gasteiger partial charge in [-0.1, -0.05) is 43.1 Å². The maximum atomic E-state index is 12.6. The summed E-state index contributed by atoms with van der Waals surface area (Å²) in [7, 11) is 0. The molecular formula is C21H22ClN3O2. The van der Waals surface area contributed by atoms with Gasteiger partial charge in [-0.25, -0.2) is 0 Å². The summed E-state index contributed by atoms with van der Waals surface area (Å²) < 4.78 is 7.44. The summed E-state index contributed by atoms with van der Waals surface area (Å²) in [5.41, 5.74) is 1.70. The van der Waals surface area contributed by atoms with E-state index in [-0.39, 0.29) is 5.91 Å².